The summed E-state index contributed by atoms with van der Waals surface area (Å²) in [6.45, 7) is 4.54. The molecule has 0 aliphatic rings. The first-order chi connectivity index (χ1) is 13.5. The number of guanidine groups is 1. The van der Waals surface area contributed by atoms with Gasteiger partial charge >= 0.3 is 0 Å². The van der Waals surface area contributed by atoms with Crippen LogP contribution in [0, 0.1) is 6.92 Å². The molecule has 7 nitrogen and oxygen atoms in total. The number of hydrogen-bond acceptors (Lipinski definition) is 5. The number of halogens is 2. The van der Waals surface area contributed by atoms with Gasteiger partial charge in [-0.1, -0.05) is 11.6 Å². The molecule has 2 aromatic rings. The number of ether oxygens (including phenoxy) is 1. The molecule has 1 aromatic heterocycles. The quantitative estimate of drug-likeness (QED) is 0.210. The second-order valence-electron chi connectivity index (χ2n) is 6.36. The van der Waals surface area contributed by atoms with E-state index >= 15 is 0 Å². The summed E-state index contributed by atoms with van der Waals surface area (Å²) >= 11 is 7.75. The van der Waals surface area contributed by atoms with Gasteiger partial charge in [-0.25, -0.2) is 4.99 Å². The van der Waals surface area contributed by atoms with Crippen molar-refractivity contribution in [1.82, 2.24) is 25.0 Å². The van der Waals surface area contributed by atoms with Crippen LogP contribution in [0.4, 0.5) is 0 Å². The van der Waals surface area contributed by atoms with Crippen molar-refractivity contribution < 1.29 is 4.74 Å². The highest BCUT2D eigenvalue weighted by molar-refractivity contribution is 14.0. The monoisotopic (exact) mass is 552 g/mol. The summed E-state index contributed by atoms with van der Waals surface area (Å²) in [6, 6.07) is 7.39. The number of thioether (sulfide) groups is 1. The molecule has 0 amide bonds. The summed E-state index contributed by atoms with van der Waals surface area (Å²) in [5.41, 5.74) is 0. The number of likely N-dealkylation sites (N-methyl/N-ethyl adjacent to an activating group) is 1. The smallest absolute Gasteiger partial charge is 0.194 e. The molecule has 1 heterocycles. The molecule has 0 aliphatic carbocycles. The van der Waals surface area contributed by atoms with Crippen molar-refractivity contribution in [1.29, 1.82) is 0 Å². The average molecular weight is 553 g/mol. The molecule has 0 aliphatic heterocycles. The lowest BCUT2D eigenvalue weighted by Crippen LogP contribution is -2.41. The van der Waals surface area contributed by atoms with E-state index in [4.69, 9.17) is 21.3 Å². The topological polar surface area (TPSA) is 67.6 Å². The molecule has 1 N–H and O–H groups in total. The van der Waals surface area contributed by atoms with Crippen molar-refractivity contribution in [3.05, 3.63) is 40.9 Å². The summed E-state index contributed by atoms with van der Waals surface area (Å²) in [4.78, 5) is 6.80. The first-order valence-corrected chi connectivity index (χ1v) is 11.0. The Kier molecular flexibility index (Phi) is 12.4. The van der Waals surface area contributed by atoms with Crippen LogP contribution in [-0.2, 0) is 13.6 Å². The summed E-state index contributed by atoms with van der Waals surface area (Å²) in [5, 5.41) is 12.4. The highest BCUT2D eigenvalue weighted by atomic mass is 127. The maximum absolute atomic E-state index is 5.91. The van der Waals surface area contributed by atoms with Crippen LogP contribution < -0.4 is 10.1 Å². The highest BCUT2D eigenvalue weighted by Gasteiger charge is 2.09. The van der Waals surface area contributed by atoms with Gasteiger partial charge in [0, 0.05) is 25.7 Å². The zero-order valence-corrected chi connectivity index (χ0v) is 21.3. The molecule has 0 spiro atoms. The van der Waals surface area contributed by atoms with Gasteiger partial charge in [0.2, 0.25) is 0 Å². The van der Waals surface area contributed by atoms with Gasteiger partial charge in [0.25, 0.3) is 0 Å². The fourth-order valence-corrected chi connectivity index (χ4v) is 2.96. The van der Waals surface area contributed by atoms with Crippen molar-refractivity contribution >= 4 is 53.3 Å². The third kappa shape index (κ3) is 9.00. The number of nitrogens with one attached hydrogen (secondary N) is 1. The number of aliphatic imine (C=N–C) groups is 1. The molecule has 0 bridgehead atoms. The van der Waals surface area contributed by atoms with Crippen molar-refractivity contribution in [2.24, 2.45) is 12.0 Å². The van der Waals surface area contributed by atoms with E-state index in [1.54, 1.807) is 0 Å². The Morgan fingerprint density at radius 1 is 1.31 bits per heavy atom. The van der Waals surface area contributed by atoms with Crippen LogP contribution in [0.15, 0.2) is 29.3 Å². The fraction of sp³-hybridized carbons (Fsp3) is 0.526. The number of benzene rings is 1. The molecule has 0 saturated heterocycles. The van der Waals surface area contributed by atoms with E-state index in [9.17, 15) is 0 Å². The van der Waals surface area contributed by atoms with Crippen molar-refractivity contribution in [3.63, 3.8) is 0 Å². The summed E-state index contributed by atoms with van der Waals surface area (Å²) < 4.78 is 7.75. The van der Waals surface area contributed by atoms with Gasteiger partial charge in [-0.15, -0.1) is 34.2 Å². The van der Waals surface area contributed by atoms with Gasteiger partial charge in [0.15, 0.2) is 11.8 Å². The Morgan fingerprint density at radius 2 is 2.03 bits per heavy atom. The van der Waals surface area contributed by atoms with E-state index in [2.05, 4.69) is 26.7 Å². The second kappa shape index (κ2) is 13.9. The zero-order valence-electron chi connectivity index (χ0n) is 17.4. The molecule has 0 saturated carbocycles. The van der Waals surface area contributed by atoms with Crippen LogP contribution in [-0.4, -0.2) is 64.4 Å². The molecule has 2 rings (SSSR count). The molecule has 162 valence electrons. The van der Waals surface area contributed by atoms with Crippen LogP contribution in [0.1, 0.15) is 18.1 Å². The number of aryl methyl sites for hydroxylation is 1. The molecule has 29 heavy (non-hydrogen) atoms. The summed E-state index contributed by atoms with van der Waals surface area (Å²) in [5.74, 6) is 4.47. The van der Waals surface area contributed by atoms with Gasteiger partial charge in [-0.3, -0.25) is 0 Å². The van der Waals surface area contributed by atoms with Gasteiger partial charge < -0.3 is 19.5 Å². The molecule has 0 fully saturated rings. The van der Waals surface area contributed by atoms with Crippen LogP contribution >= 0.6 is 47.3 Å². The van der Waals surface area contributed by atoms with Gasteiger partial charge in [-0.05, 0) is 49.6 Å². The lowest BCUT2D eigenvalue weighted by atomic mass is 10.3. The largest absolute Gasteiger partial charge is 0.492 e. The van der Waals surface area contributed by atoms with Gasteiger partial charge in [0.05, 0.1) is 6.54 Å². The van der Waals surface area contributed by atoms with E-state index < -0.39 is 0 Å². The molecule has 0 atom stereocenters. The van der Waals surface area contributed by atoms with Crippen molar-refractivity contribution in [3.8, 4) is 5.75 Å². The van der Waals surface area contributed by atoms with Gasteiger partial charge in [0.1, 0.15) is 24.7 Å². The Bertz CT molecular complexity index is 756. The molecular weight excluding hydrogens is 523 g/mol. The highest BCUT2D eigenvalue weighted by Crippen LogP contribution is 2.15. The Hall–Kier alpha value is -1.20. The molecule has 1 aromatic carbocycles. The molecular formula is C19H30ClIN6OS. The minimum absolute atomic E-state index is 0. The normalized spacial score (nSPS) is 11.1. The van der Waals surface area contributed by atoms with Crippen LogP contribution in [0.2, 0.25) is 5.02 Å². The first kappa shape index (κ1) is 25.8. The van der Waals surface area contributed by atoms with E-state index in [1.807, 2.05) is 61.6 Å². The number of rotatable bonds is 10. The number of aromatic nitrogens is 3. The maximum Gasteiger partial charge on any atom is 0.194 e. The lowest BCUT2D eigenvalue weighted by molar-refractivity contribution is 0.281. The van der Waals surface area contributed by atoms with E-state index in [0.29, 0.717) is 24.7 Å². The van der Waals surface area contributed by atoms with Crippen LogP contribution in [0.25, 0.3) is 0 Å². The van der Waals surface area contributed by atoms with E-state index in [-0.39, 0.29) is 24.0 Å². The molecule has 10 heteroatoms. The zero-order chi connectivity index (χ0) is 20.4. The Labute approximate surface area is 199 Å². The van der Waals surface area contributed by atoms with E-state index in [1.165, 1.54) is 0 Å². The van der Waals surface area contributed by atoms with Crippen molar-refractivity contribution in [2.45, 2.75) is 19.9 Å². The Morgan fingerprint density at radius 3 is 2.66 bits per heavy atom. The predicted molar refractivity (Wildman–Crippen MR) is 133 cm³/mol. The maximum atomic E-state index is 5.91. The van der Waals surface area contributed by atoms with E-state index in [0.717, 1.165) is 42.1 Å². The lowest BCUT2D eigenvalue weighted by Gasteiger charge is -2.22. The predicted octanol–water partition coefficient (Wildman–Crippen LogP) is 3.60. The standard InChI is InChI=1S/C19H29ClN6OS.HI/c1-15-23-24-18(26(15)3)14-22-19(21-10-5-13-28-4)25(2)11-12-27-17-8-6-16(20)7-9-17;/h6-9H,5,10-14H2,1-4H3,(H,21,22);1H. The molecule has 0 unspecified atom stereocenters. The van der Waals surface area contributed by atoms with Crippen LogP contribution in [0.3, 0.4) is 0 Å². The molecule has 0 radical (unpaired) electrons. The third-order valence-corrected chi connectivity index (χ3v) is 5.18. The third-order valence-electron chi connectivity index (χ3n) is 4.23. The minimum atomic E-state index is 0. The summed E-state index contributed by atoms with van der Waals surface area (Å²) in [7, 11) is 3.96. The average Bonchev–Trinajstić information content (AvgIpc) is 3.01. The minimum Gasteiger partial charge on any atom is -0.492 e. The number of hydrogen-bond donors (Lipinski definition) is 1. The first-order valence-electron chi connectivity index (χ1n) is 9.23. The van der Waals surface area contributed by atoms with Crippen LogP contribution in [0.5, 0.6) is 5.75 Å². The van der Waals surface area contributed by atoms with Gasteiger partial charge in [-0.2, -0.15) is 11.8 Å². The fourth-order valence-electron chi connectivity index (χ4n) is 2.40. The second-order valence-corrected chi connectivity index (χ2v) is 7.78. The summed E-state index contributed by atoms with van der Waals surface area (Å²) in [6.07, 6.45) is 3.20. The number of nitrogens with zero attached hydrogens (tertiary/aromatic N) is 5. The Balaban J connectivity index is 0.00000420. The van der Waals surface area contributed by atoms with Crippen molar-refractivity contribution in [2.75, 3.05) is 38.8 Å². The SMILES string of the molecule is CSCCCNC(=NCc1nnc(C)n1C)N(C)CCOc1ccc(Cl)cc1.I.